The van der Waals surface area contributed by atoms with E-state index in [0.717, 1.165) is 38.4 Å². The van der Waals surface area contributed by atoms with Crippen molar-refractivity contribution in [1.29, 1.82) is 0 Å². The van der Waals surface area contributed by atoms with Crippen molar-refractivity contribution in [3.8, 4) is 0 Å². The van der Waals surface area contributed by atoms with Gasteiger partial charge in [0.25, 0.3) is 0 Å². The molecule has 3 rings (SSSR count). The van der Waals surface area contributed by atoms with Gasteiger partial charge in [-0.05, 0) is 50.9 Å². The predicted molar refractivity (Wildman–Crippen MR) is 78.4 cm³/mol. The van der Waals surface area contributed by atoms with E-state index < -0.39 is 0 Å². The minimum atomic E-state index is 0.0467. The number of carbonyl (C=O) groups excluding carboxylic acids is 1. The summed E-state index contributed by atoms with van der Waals surface area (Å²) in [5.41, 5.74) is 0. The van der Waals surface area contributed by atoms with Crippen LogP contribution in [0.25, 0.3) is 0 Å². The second kappa shape index (κ2) is 6.44. The molecule has 1 saturated carbocycles. The highest BCUT2D eigenvalue weighted by Crippen LogP contribution is 2.33. The lowest BCUT2D eigenvalue weighted by molar-refractivity contribution is -0.124. The highest BCUT2D eigenvalue weighted by molar-refractivity contribution is 5.82. The van der Waals surface area contributed by atoms with Crippen molar-refractivity contribution in [3.63, 3.8) is 0 Å². The summed E-state index contributed by atoms with van der Waals surface area (Å²) in [5.74, 6) is 1.53. The first-order valence-corrected chi connectivity index (χ1v) is 8.38. The maximum Gasteiger partial charge on any atom is 0.237 e. The van der Waals surface area contributed by atoms with Crippen LogP contribution in [-0.2, 0) is 9.53 Å². The van der Waals surface area contributed by atoms with Gasteiger partial charge in [-0.25, -0.2) is 0 Å². The Balaban J connectivity index is 1.49. The van der Waals surface area contributed by atoms with Gasteiger partial charge >= 0.3 is 0 Å². The molecular formula is C16H28N2O2. The molecule has 0 spiro atoms. The minimum Gasteiger partial charge on any atom is -0.381 e. The molecular weight excluding hydrogens is 252 g/mol. The zero-order valence-corrected chi connectivity index (χ0v) is 12.6. The quantitative estimate of drug-likeness (QED) is 0.829. The normalized spacial score (nSPS) is 36.4. The molecule has 0 aromatic heterocycles. The lowest BCUT2D eigenvalue weighted by Gasteiger charge is -2.29. The summed E-state index contributed by atoms with van der Waals surface area (Å²) < 4.78 is 5.39. The van der Waals surface area contributed by atoms with E-state index in [4.69, 9.17) is 4.74 Å². The number of hydrogen-bond acceptors (Lipinski definition) is 3. The first-order chi connectivity index (χ1) is 9.74. The molecule has 2 saturated heterocycles. The van der Waals surface area contributed by atoms with Crippen molar-refractivity contribution < 1.29 is 9.53 Å². The van der Waals surface area contributed by atoms with E-state index >= 15 is 0 Å². The predicted octanol–water partition coefficient (Wildman–Crippen LogP) is 1.84. The Morgan fingerprint density at radius 3 is 2.70 bits per heavy atom. The number of carbonyl (C=O) groups is 1. The van der Waals surface area contributed by atoms with E-state index in [0.29, 0.717) is 12.0 Å². The molecule has 2 aliphatic heterocycles. The molecule has 4 atom stereocenters. The fourth-order valence-corrected chi connectivity index (χ4v) is 4.18. The lowest BCUT2D eigenvalue weighted by Crippen LogP contribution is -2.48. The van der Waals surface area contributed by atoms with Gasteiger partial charge in [-0.2, -0.15) is 0 Å². The third kappa shape index (κ3) is 3.17. The molecule has 0 radical (unpaired) electrons. The fraction of sp³-hybridized carbons (Fsp3) is 0.938. The van der Waals surface area contributed by atoms with Crippen LogP contribution >= 0.6 is 0 Å². The van der Waals surface area contributed by atoms with Crippen LogP contribution in [0, 0.1) is 11.8 Å². The van der Waals surface area contributed by atoms with Crippen LogP contribution < -0.4 is 10.6 Å². The topological polar surface area (TPSA) is 50.4 Å². The molecule has 2 N–H and O–H groups in total. The zero-order valence-electron chi connectivity index (χ0n) is 12.6. The Kier molecular flexibility index (Phi) is 4.61. The summed E-state index contributed by atoms with van der Waals surface area (Å²) in [5, 5.41) is 6.81. The van der Waals surface area contributed by atoms with Crippen molar-refractivity contribution in [3.05, 3.63) is 0 Å². The van der Waals surface area contributed by atoms with Crippen molar-refractivity contribution >= 4 is 5.91 Å². The second-order valence-corrected chi connectivity index (χ2v) is 6.85. The molecule has 3 aliphatic rings. The Morgan fingerprint density at radius 2 is 1.95 bits per heavy atom. The summed E-state index contributed by atoms with van der Waals surface area (Å²) in [7, 11) is 0. The Hall–Kier alpha value is -0.610. The third-order valence-electron chi connectivity index (χ3n) is 5.52. The van der Waals surface area contributed by atoms with Crippen molar-refractivity contribution in [2.24, 2.45) is 11.8 Å². The molecule has 0 aromatic carbocycles. The van der Waals surface area contributed by atoms with E-state index in [9.17, 15) is 4.79 Å². The SMILES string of the molecule is CC(NC(=O)C1CC2CCCCC2N1)C1CCOCC1. The first-order valence-electron chi connectivity index (χ1n) is 8.38. The molecule has 2 heterocycles. The number of hydrogen-bond donors (Lipinski definition) is 2. The standard InChI is InChI=1S/C16H28N2O2/c1-11(12-6-8-20-9-7-12)17-16(19)15-10-13-4-2-3-5-14(13)18-15/h11-15,18H,2-10H2,1H3,(H,17,19). The first kappa shape index (κ1) is 14.3. The number of fused-ring (bicyclic) bond motifs is 1. The summed E-state index contributed by atoms with van der Waals surface area (Å²) in [6, 6.07) is 0.916. The highest BCUT2D eigenvalue weighted by atomic mass is 16.5. The van der Waals surface area contributed by atoms with Gasteiger partial charge in [0.1, 0.15) is 0 Å². The van der Waals surface area contributed by atoms with Gasteiger partial charge in [0.05, 0.1) is 6.04 Å². The van der Waals surface area contributed by atoms with Gasteiger partial charge in [0, 0.05) is 25.3 Å². The number of nitrogens with one attached hydrogen (secondary N) is 2. The van der Waals surface area contributed by atoms with Gasteiger partial charge < -0.3 is 15.4 Å². The number of amides is 1. The number of ether oxygens (including phenoxy) is 1. The van der Waals surface area contributed by atoms with Crippen LogP contribution in [0.15, 0.2) is 0 Å². The van der Waals surface area contributed by atoms with Gasteiger partial charge in [-0.1, -0.05) is 12.8 Å². The smallest absolute Gasteiger partial charge is 0.237 e. The summed E-state index contributed by atoms with van der Waals surface area (Å²) in [6.45, 7) is 3.84. The molecule has 0 aromatic rings. The molecule has 4 heteroatoms. The maximum absolute atomic E-state index is 12.4. The third-order valence-corrected chi connectivity index (χ3v) is 5.52. The van der Waals surface area contributed by atoms with Crippen LogP contribution in [-0.4, -0.2) is 37.2 Å². The van der Waals surface area contributed by atoms with Gasteiger partial charge in [-0.15, -0.1) is 0 Å². The average molecular weight is 280 g/mol. The monoisotopic (exact) mass is 280 g/mol. The van der Waals surface area contributed by atoms with Crippen LogP contribution in [0.3, 0.4) is 0 Å². The fourth-order valence-electron chi connectivity index (χ4n) is 4.18. The highest BCUT2D eigenvalue weighted by Gasteiger charge is 2.38. The van der Waals surface area contributed by atoms with E-state index in [1.54, 1.807) is 0 Å². The Labute approximate surface area is 122 Å². The Bertz CT molecular complexity index is 327. The largest absolute Gasteiger partial charge is 0.381 e. The van der Waals surface area contributed by atoms with E-state index in [1.165, 1.54) is 25.7 Å². The summed E-state index contributed by atoms with van der Waals surface area (Å²) >= 11 is 0. The van der Waals surface area contributed by atoms with Gasteiger partial charge in [-0.3, -0.25) is 4.79 Å². The van der Waals surface area contributed by atoms with E-state index in [1.807, 2.05) is 0 Å². The summed E-state index contributed by atoms with van der Waals surface area (Å²) in [4.78, 5) is 12.4. The molecule has 4 nitrogen and oxygen atoms in total. The lowest BCUT2D eigenvalue weighted by atomic mass is 9.85. The van der Waals surface area contributed by atoms with E-state index in [-0.39, 0.29) is 18.0 Å². The van der Waals surface area contributed by atoms with Crippen molar-refractivity contribution in [2.75, 3.05) is 13.2 Å². The molecule has 114 valence electrons. The van der Waals surface area contributed by atoms with Crippen LogP contribution in [0.5, 0.6) is 0 Å². The van der Waals surface area contributed by atoms with Crippen LogP contribution in [0.4, 0.5) is 0 Å². The maximum atomic E-state index is 12.4. The average Bonchev–Trinajstić information content (AvgIpc) is 2.92. The molecule has 3 fully saturated rings. The van der Waals surface area contributed by atoms with E-state index in [2.05, 4.69) is 17.6 Å². The molecule has 20 heavy (non-hydrogen) atoms. The Morgan fingerprint density at radius 1 is 1.20 bits per heavy atom. The van der Waals surface area contributed by atoms with Gasteiger partial charge in [0.15, 0.2) is 0 Å². The van der Waals surface area contributed by atoms with Crippen LogP contribution in [0.2, 0.25) is 0 Å². The minimum absolute atomic E-state index is 0.0467. The molecule has 4 unspecified atom stereocenters. The molecule has 1 amide bonds. The van der Waals surface area contributed by atoms with Crippen molar-refractivity contribution in [2.45, 2.75) is 70.0 Å². The molecule has 0 bridgehead atoms. The number of rotatable bonds is 3. The van der Waals surface area contributed by atoms with Crippen molar-refractivity contribution in [1.82, 2.24) is 10.6 Å². The zero-order chi connectivity index (χ0) is 13.9. The molecule has 1 aliphatic carbocycles. The van der Waals surface area contributed by atoms with Crippen LogP contribution in [0.1, 0.15) is 51.9 Å². The summed E-state index contributed by atoms with van der Waals surface area (Å²) in [6.07, 6.45) is 8.41. The van der Waals surface area contributed by atoms with Gasteiger partial charge in [0.2, 0.25) is 5.91 Å². The second-order valence-electron chi connectivity index (χ2n) is 6.85.